The van der Waals surface area contributed by atoms with Crippen molar-refractivity contribution in [1.29, 1.82) is 0 Å². The molecule has 2 saturated carbocycles. The molecule has 28 heavy (non-hydrogen) atoms. The van der Waals surface area contributed by atoms with Gasteiger partial charge in [0.15, 0.2) is 0 Å². The SMILES string of the molecule is Cc1ccc(C2CC3C=CC2C3)cc1.Cc1ccc(C2CC3C=CC2C3)cc1. The molecular formula is C28H32. The topological polar surface area (TPSA) is 0 Å². The highest BCUT2D eigenvalue weighted by Gasteiger charge is 2.37. The smallest absolute Gasteiger partial charge is 0.00932 e. The Bertz CT molecular complexity index is 792. The fourth-order valence-electron chi connectivity index (χ4n) is 5.96. The van der Waals surface area contributed by atoms with E-state index in [-0.39, 0.29) is 0 Å². The number of allylic oxidation sites excluding steroid dienone is 4. The van der Waals surface area contributed by atoms with Crippen LogP contribution in [0, 0.1) is 37.5 Å². The molecule has 2 aromatic rings. The minimum Gasteiger partial charge on any atom is -0.0851 e. The first-order valence-electron chi connectivity index (χ1n) is 11.2. The Balaban J connectivity index is 0.000000122. The lowest BCUT2D eigenvalue weighted by atomic mass is 9.87. The number of benzene rings is 2. The van der Waals surface area contributed by atoms with Crippen LogP contribution in [0.1, 0.15) is 59.8 Å². The summed E-state index contributed by atoms with van der Waals surface area (Å²) in [5, 5.41) is 0. The van der Waals surface area contributed by atoms with Crippen LogP contribution in [0.5, 0.6) is 0 Å². The molecule has 0 heterocycles. The van der Waals surface area contributed by atoms with E-state index in [1.165, 1.54) is 36.8 Å². The van der Waals surface area contributed by atoms with Crippen molar-refractivity contribution < 1.29 is 0 Å². The lowest BCUT2D eigenvalue weighted by molar-refractivity contribution is 0.585. The molecule has 0 saturated heterocycles. The lowest BCUT2D eigenvalue weighted by Gasteiger charge is -2.18. The normalized spacial score (nSPS) is 33.9. The van der Waals surface area contributed by atoms with Crippen LogP contribution in [0.25, 0.3) is 0 Å². The third kappa shape index (κ3) is 3.50. The maximum atomic E-state index is 2.43. The molecule has 144 valence electrons. The minimum atomic E-state index is 0.811. The molecule has 0 radical (unpaired) electrons. The van der Waals surface area contributed by atoms with E-state index in [0.717, 1.165) is 35.5 Å². The first kappa shape index (κ1) is 18.0. The lowest BCUT2D eigenvalue weighted by Crippen LogP contribution is -2.04. The third-order valence-electron chi connectivity index (χ3n) is 7.57. The summed E-state index contributed by atoms with van der Waals surface area (Å²) in [5.41, 5.74) is 5.83. The van der Waals surface area contributed by atoms with Crippen molar-refractivity contribution >= 4 is 0 Å². The standard InChI is InChI=1S/2C14H16/c2*1-10-2-5-12(6-3-10)14-9-11-4-7-13(14)8-11/h2*2-7,11,13-14H,8-9H2,1H3. The van der Waals surface area contributed by atoms with E-state index >= 15 is 0 Å². The number of hydrogen-bond acceptors (Lipinski definition) is 0. The molecule has 6 unspecified atom stereocenters. The first-order valence-corrected chi connectivity index (χ1v) is 11.2. The number of fused-ring (bicyclic) bond motifs is 4. The van der Waals surface area contributed by atoms with Gasteiger partial charge in [0.2, 0.25) is 0 Å². The summed E-state index contributed by atoms with van der Waals surface area (Å²) in [4.78, 5) is 0. The van der Waals surface area contributed by atoms with Crippen molar-refractivity contribution in [2.45, 2.75) is 51.4 Å². The quantitative estimate of drug-likeness (QED) is 0.486. The second kappa shape index (κ2) is 7.39. The Morgan fingerprint density at radius 2 is 0.893 bits per heavy atom. The van der Waals surface area contributed by atoms with Crippen LogP contribution >= 0.6 is 0 Å². The molecule has 0 aromatic heterocycles. The number of hydrogen-bond donors (Lipinski definition) is 0. The van der Waals surface area contributed by atoms with Gasteiger partial charge in [0.05, 0.1) is 0 Å². The van der Waals surface area contributed by atoms with E-state index in [1.807, 2.05) is 0 Å². The van der Waals surface area contributed by atoms with Crippen molar-refractivity contribution in [3.8, 4) is 0 Å². The fraction of sp³-hybridized carbons (Fsp3) is 0.429. The van der Waals surface area contributed by atoms with Gasteiger partial charge >= 0.3 is 0 Å². The molecule has 0 aliphatic heterocycles. The molecule has 2 fully saturated rings. The average molecular weight is 369 g/mol. The zero-order valence-corrected chi connectivity index (χ0v) is 17.2. The van der Waals surface area contributed by atoms with E-state index in [4.69, 9.17) is 0 Å². The van der Waals surface area contributed by atoms with Gasteiger partial charge in [-0.05, 0) is 86.2 Å². The van der Waals surface area contributed by atoms with Crippen LogP contribution in [-0.4, -0.2) is 0 Å². The van der Waals surface area contributed by atoms with E-state index in [0.29, 0.717) is 0 Å². The molecule has 6 atom stereocenters. The fourth-order valence-corrected chi connectivity index (χ4v) is 5.96. The summed E-state index contributed by atoms with van der Waals surface area (Å²) < 4.78 is 0. The van der Waals surface area contributed by atoms with E-state index in [9.17, 15) is 0 Å². The molecular weight excluding hydrogens is 336 g/mol. The van der Waals surface area contributed by atoms with Gasteiger partial charge < -0.3 is 0 Å². The second-order valence-electron chi connectivity index (χ2n) is 9.59. The monoisotopic (exact) mass is 368 g/mol. The highest BCUT2D eigenvalue weighted by atomic mass is 14.4. The molecule has 0 heteroatoms. The molecule has 0 nitrogen and oxygen atoms in total. The Morgan fingerprint density at radius 1 is 0.500 bits per heavy atom. The predicted molar refractivity (Wildman–Crippen MR) is 119 cm³/mol. The largest absolute Gasteiger partial charge is 0.0851 e. The van der Waals surface area contributed by atoms with E-state index in [1.54, 1.807) is 11.1 Å². The van der Waals surface area contributed by atoms with Gasteiger partial charge in [0.1, 0.15) is 0 Å². The van der Waals surface area contributed by atoms with Crippen LogP contribution in [0.3, 0.4) is 0 Å². The molecule has 0 N–H and O–H groups in total. The number of aryl methyl sites for hydroxylation is 2. The zero-order valence-electron chi connectivity index (χ0n) is 17.2. The highest BCUT2D eigenvalue weighted by Crippen LogP contribution is 2.49. The van der Waals surface area contributed by atoms with Gasteiger partial charge in [-0.1, -0.05) is 84.0 Å². The Hall–Kier alpha value is -2.08. The Labute approximate surface area is 170 Å². The third-order valence-corrected chi connectivity index (χ3v) is 7.57. The average Bonchev–Trinajstić information content (AvgIpc) is 3.51. The van der Waals surface area contributed by atoms with Crippen LogP contribution in [0.15, 0.2) is 72.8 Å². The Morgan fingerprint density at radius 3 is 1.18 bits per heavy atom. The molecule has 4 aliphatic carbocycles. The van der Waals surface area contributed by atoms with Gasteiger partial charge in [0, 0.05) is 0 Å². The summed E-state index contributed by atoms with van der Waals surface area (Å²) in [6.07, 6.45) is 15.2. The molecule has 4 aliphatic rings. The van der Waals surface area contributed by atoms with Gasteiger partial charge in [-0.25, -0.2) is 0 Å². The molecule has 2 aromatic carbocycles. The first-order chi connectivity index (χ1) is 13.7. The summed E-state index contributed by atoms with van der Waals surface area (Å²) in [6, 6.07) is 18.2. The maximum Gasteiger partial charge on any atom is -0.00932 e. The summed E-state index contributed by atoms with van der Waals surface area (Å²) >= 11 is 0. The summed E-state index contributed by atoms with van der Waals surface area (Å²) in [5.74, 6) is 5.05. The molecule has 6 rings (SSSR count). The van der Waals surface area contributed by atoms with Crippen molar-refractivity contribution in [3.05, 3.63) is 95.1 Å². The maximum absolute atomic E-state index is 2.43. The van der Waals surface area contributed by atoms with Crippen LogP contribution in [0.4, 0.5) is 0 Å². The zero-order chi connectivity index (χ0) is 19.1. The van der Waals surface area contributed by atoms with Gasteiger partial charge in [-0.3, -0.25) is 0 Å². The Kier molecular flexibility index (Phi) is 4.75. The second-order valence-corrected chi connectivity index (χ2v) is 9.59. The van der Waals surface area contributed by atoms with Crippen LogP contribution < -0.4 is 0 Å². The number of rotatable bonds is 2. The molecule has 0 spiro atoms. The minimum absolute atomic E-state index is 0.811. The van der Waals surface area contributed by atoms with Crippen LogP contribution in [-0.2, 0) is 0 Å². The van der Waals surface area contributed by atoms with Gasteiger partial charge in [-0.15, -0.1) is 0 Å². The highest BCUT2D eigenvalue weighted by molar-refractivity contribution is 5.31. The van der Waals surface area contributed by atoms with Gasteiger partial charge in [-0.2, -0.15) is 0 Å². The van der Waals surface area contributed by atoms with Crippen molar-refractivity contribution in [2.75, 3.05) is 0 Å². The van der Waals surface area contributed by atoms with Crippen molar-refractivity contribution in [2.24, 2.45) is 23.7 Å². The summed E-state index contributed by atoms with van der Waals surface area (Å²) in [7, 11) is 0. The summed E-state index contributed by atoms with van der Waals surface area (Å²) in [6.45, 7) is 4.31. The van der Waals surface area contributed by atoms with E-state index in [2.05, 4.69) is 86.7 Å². The van der Waals surface area contributed by atoms with Gasteiger partial charge in [0.25, 0.3) is 0 Å². The van der Waals surface area contributed by atoms with Crippen molar-refractivity contribution in [3.63, 3.8) is 0 Å². The van der Waals surface area contributed by atoms with Crippen molar-refractivity contribution in [1.82, 2.24) is 0 Å². The predicted octanol–water partition coefficient (Wildman–Crippen LogP) is 7.35. The molecule has 0 amide bonds. The van der Waals surface area contributed by atoms with E-state index < -0.39 is 0 Å². The molecule has 4 bridgehead atoms. The van der Waals surface area contributed by atoms with Crippen LogP contribution in [0.2, 0.25) is 0 Å².